The van der Waals surface area contributed by atoms with E-state index in [1.54, 1.807) is 36.4 Å². The molecule has 2 N–H and O–H groups in total. The topological polar surface area (TPSA) is 75.6 Å². The number of rotatable bonds is 6. The van der Waals surface area contributed by atoms with Gasteiger partial charge >= 0.3 is 5.97 Å². The van der Waals surface area contributed by atoms with Crippen LogP contribution in [0, 0.1) is 3.57 Å². The highest BCUT2D eigenvalue weighted by atomic mass is 127. The van der Waals surface area contributed by atoms with Crippen molar-refractivity contribution in [2.24, 2.45) is 0 Å². The van der Waals surface area contributed by atoms with E-state index in [0.29, 0.717) is 16.9 Å². The fourth-order valence-corrected chi connectivity index (χ4v) is 3.63. The van der Waals surface area contributed by atoms with E-state index < -0.39 is 11.9 Å². The fourth-order valence-electron chi connectivity index (χ4n) is 3.13. The number of hydrogen-bond acceptors (Lipinski definition) is 3. The van der Waals surface area contributed by atoms with Crippen LogP contribution in [0.25, 0.3) is 16.8 Å². The molecule has 0 aromatic heterocycles. The van der Waals surface area contributed by atoms with Crippen molar-refractivity contribution in [3.8, 4) is 11.5 Å². The number of benzene rings is 4. The van der Waals surface area contributed by atoms with Gasteiger partial charge < -0.3 is 15.2 Å². The molecule has 0 radical (unpaired) electrons. The van der Waals surface area contributed by atoms with Crippen molar-refractivity contribution in [3.63, 3.8) is 0 Å². The molecule has 0 saturated heterocycles. The summed E-state index contributed by atoms with van der Waals surface area (Å²) in [6.07, 6.45) is 1.41. The molecule has 158 valence electrons. The Kier molecular flexibility index (Phi) is 6.51. The number of aliphatic carboxylic acids is 1. The normalized spacial score (nSPS) is 11.2. The molecule has 0 heterocycles. The molecular weight excluding hydrogens is 517 g/mol. The predicted octanol–water partition coefficient (Wildman–Crippen LogP) is 6.09. The van der Waals surface area contributed by atoms with Crippen molar-refractivity contribution in [1.82, 2.24) is 5.32 Å². The summed E-state index contributed by atoms with van der Waals surface area (Å²) < 4.78 is 6.84. The summed E-state index contributed by atoms with van der Waals surface area (Å²) in [5, 5.41) is 14.0. The van der Waals surface area contributed by atoms with Gasteiger partial charge in [0.1, 0.15) is 17.2 Å². The van der Waals surface area contributed by atoms with Gasteiger partial charge in [-0.2, -0.15) is 0 Å². The van der Waals surface area contributed by atoms with Crippen LogP contribution in [0.5, 0.6) is 11.5 Å². The van der Waals surface area contributed by atoms with Crippen LogP contribution in [-0.2, 0) is 4.79 Å². The van der Waals surface area contributed by atoms with Gasteiger partial charge in [0.25, 0.3) is 5.91 Å². The Hall–Kier alpha value is -3.65. The SMILES string of the molecule is O=C(O)/C(=C\c1ccc(Oc2ccccc2I)cc1)NC(=O)c1ccc2ccccc2c1. The van der Waals surface area contributed by atoms with Crippen molar-refractivity contribution in [1.29, 1.82) is 0 Å². The second kappa shape index (κ2) is 9.65. The smallest absolute Gasteiger partial charge is 0.352 e. The van der Waals surface area contributed by atoms with E-state index in [1.165, 1.54) is 6.08 Å². The molecule has 5 nitrogen and oxygen atoms in total. The first-order valence-corrected chi connectivity index (χ1v) is 10.8. The summed E-state index contributed by atoms with van der Waals surface area (Å²) >= 11 is 2.20. The molecule has 32 heavy (non-hydrogen) atoms. The van der Waals surface area contributed by atoms with Crippen LogP contribution in [0.4, 0.5) is 0 Å². The monoisotopic (exact) mass is 535 g/mol. The number of fused-ring (bicyclic) bond motifs is 1. The van der Waals surface area contributed by atoms with Crippen LogP contribution >= 0.6 is 22.6 Å². The molecule has 4 rings (SSSR count). The number of ether oxygens (including phenoxy) is 1. The standard InChI is InChI=1S/C26H18INO4/c27-22-7-3-4-8-24(22)32-21-13-9-17(10-14-21)15-23(26(30)31)28-25(29)20-12-11-18-5-1-2-6-19(18)16-20/h1-16H,(H,28,29)(H,30,31)/b23-15+. The lowest BCUT2D eigenvalue weighted by Crippen LogP contribution is -2.27. The van der Waals surface area contributed by atoms with Crippen molar-refractivity contribution >= 4 is 51.3 Å². The number of hydrogen-bond donors (Lipinski definition) is 2. The summed E-state index contributed by atoms with van der Waals surface area (Å²) in [6.45, 7) is 0. The molecule has 4 aromatic carbocycles. The lowest BCUT2D eigenvalue weighted by molar-refractivity contribution is -0.132. The van der Waals surface area contributed by atoms with Gasteiger partial charge in [-0.15, -0.1) is 0 Å². The van der Waals surface area contributed by atoms with Gasteiger partial charge in [-0.25, -0.2) is 4.79 Å². The number of halogens is 1. The minimum atomic E-state index is -1.22. The molecule has 0 unspecified atom stereocenters. The third-order valence-corrected chi connectivity index (χ3v) is 5.64. The Labute approximate surface area is 198 Å². The average molecular weight is 535 g/mol. The lowest BCUT2D eigenvalue weighted by Gasteiger charge is -2.09. The average Bonchev–Trinajstić information content (AvgIpc) is 2.81. The maximum Gasteiger partial charge on any atom is 0.352 e. The first-order valence-electron chi connectivity index (χ1n) is 9.77. The largest absolute Gasteiger partial charge is 0.477 e. The van der Waals surface area contributed by atoms with E-state index in [4.69, 9.17) is 4.74 Å². The van der Waals surface area contributed by atoms with Gasteiger partial charge in [-0.05, 0) is 81.4 Å². The number of para-hydroxylation sites is 1. The number of carboxylic acid groups (broad SMARTS) is 1. The molecule has 1 amide bonds. The number of carbonyl (C=O) groups excluding carboxylic acids is 1. The molecule has 0 atom stereocenters. The van der Waals surface area contributed by atoms with Gasteiger partial charge in [0, 0.05) is 5.56 Å². The molecule has 0 fully saturated rings. The fraction of sp³-hybridized carbons (Fsp3) is 0. The third-order valence-electron chi connectivity index (χ3n) is 4.75. The summed E-state index contributed by atoms with van der Waals surface area (Å²) in [6, 6.07) is 27.5. The van der Waals surface area contributed by atoms with Crippen LogP contribution in [0.2, 0.25) is 0 Å². The number of carboxylic acids is 1. The molecule has 0 aliphatic heterocycles. The molecule has 0 aliphatic carbocycles. The molecule has 6 heteroatoms. The van der Waals surface area contributed by atoms with Crippen LogP contribution in [0.3, 0.4) is 0 Å². The zero-order chi connectivity index (χ0) is 22.5. The Balaban J connectivity index is 1.51. The second-order valence-corrected chi connectivity index (χ2v) is 8.14. The van der Waals surface area contributed by atoms with Crippen LogP contribution < -0.4 is 10.1 Å². The molecule has 4 aromatic rings. The molecular formula is C26H18INO4. The minimum absolute atomic E-state index is 0.213. The van der Waals surface area contributed by atoms with E-state index in [-0.39, 0.29) is 5.70 Å². The van der Waals surface area contributed by atoms with Crippen molar-refractivity contribution < 1.29 is 19.4 Å². The molecule has 0 bridgehead atoms. The van der Waals surface area contributed by atoms with Gasteiger partial charge in [0.2, 0.25) is 0 Å². The van der Waals surface area contributed by atoms with E-state index in [9.17, 15) is 14.7 Å². The Morgan fingerprint density at radius 2 is 1.53 bits per heavy atom. The number of nitrogens with one attached hydrogen (secondary N) is 1. The summed E-state index contributed by atoms with van der Waals surface area (Å²) in [5.74, 6) is -0.338. The highest BCUT2D eigenvalue weighted by molar-refractivity contribution is 14.1. The summed E-state index contributed by atoms with van der Waals surface area (Å²) in [7, 11) is 0. The van der Waals surface area contributed by atoms with E-state index >= 15 is 0 Å². The second-order valence-electron chi connectivity index (χ2n) is 6.98. The highest BCUT2D eigenvalue weighted by Crippen LogP contribution is 2.26. The lowest BCUT2D eigenvalue weighted by atomic mass is 10.1. The number of carbonyl (C=O) groups is 2. The van der Waals surface area contributed by atoms with Crippen molar-refractivity contribution in [2.45, 2.75) is 0 Å². The summed E-state index contributed by atoms with van der Waals surface area (Å²) in [4.78, 5) is 24.4. The Morgan fingerprint density at radius 3 is 2.25 bits per heavy atom. The summed E-state index contributed by atoms with van der Waals surface area (Å²) in [5.41, 5.74) is 0.794. The Morgan fingerprint density at radius 1 is 0.844 bits per heavy atom. The maximum absolute atomic E-state index is 12.6. The zero-order valence-electron chi connectivity index (χ0n) is 16.8. The van der Waals surface area contributed by atoms with Crippen LogP contribution in [0.1, 0.15) is 15.9 Å². The first-order chi connectivity index (χ1) is 15.5. The molecule has 0 saturated carbocycles. The number of amides is 1. The van der Waals surface area contributed by atoms with E-state index in [2.05, 4.69) is 27.9 Å². The molecule has 0 spiro atoms. The molecule has 0 aliphatic rings. The van der Waals surface area contributed by atoms with Crippen LogP contribution in [-0.4, -0.2) is 17.0 Å². The van der Waals surface area contributed by atoms with Gasteiger partial charge in [-0.3, -0.25) is 4.79 Å². The zero-order valence-corrected chi connectivity index (χ0v) is 18.9. The third kappa shape index (κ3) is 5.15. The first kappa shape index (κ1) is 21.6. The van der Waals surface area contributed by atoms with Gasteiger partial charge in [0.05, 0.1) is 3.57 Å². The van der Waals surface area contributed by atoms with Gasteiger partial charge in [-0.1, -0.05) is 54.6 Å². The van der Waals surface area contributed by atoms with Crippen molar-refractivity contribution in [3.05, 3.63) is 111 Å². The predicted molar refractivity (Wildman–Crippen MR) is 133 cm³/mol. The van der Waals surface area contributed by atoms with Gasteiger partial charge in [0.15, 0.2) is 0 Å². The van der Waals surface area contributed by atoms with Crippen LogP contribution in [0.15, 0.2) is 96.7 Å². The van der Waals surface area contributed by atoms with Crippen molar-refractivity contribution in [2.75, 3.05) is 0 Å². The Bertz CT molecular complexity index is 1330. The quantitative estimate of drug-likeness (QED) is 0.232. The van der Waals surface area contributed by atoms with E-state index in [0.717, 1.165) is 20.1 Å². The maximum atomic E-state index is 12.6. The minimum Gasteiger partial charge on any atom is -0.477 e. The van der Waals surface area contributed by atoms with E-state index in [1.807, 2.05) is 54.6 Å². The highest BCUT2D eigenvalue weighted by Gasteiger charge is 2.14.